The Bertz CT molecular complexity index is 722. The van der Waals surface area contributed by atoms with E-state index < -0.39 is 12.5 Å². The number of hydrogen-bond donors (Lipinski definition) is 1. The Labute approximate surface area is 144 Å². The SMILES string of the molecule is CCCOc1ccc(C(=O)Nc2ccccc2OC(F)F)cc1OC. The van der Waals surface area contributed by atoms with E-state index in [-0.39, 0.29) is 11.4 Å². The first kappa shape index (κ1) is 18.5. The summed E-state index contributed by atoms with van der Waals surface area (Å²) in [6, 6.07) is 10.7. The highest BCUT2D eigenvalue weighted by Crippen LogP contribution is 2.30. The van der Waals surface area contributed by atoms with Gasteiger partial charge in [0.05, 0.1) is 19.4 Å². The van der Waals surface area contributed by atoms with E-state index in [1.165, 1.54) is 31.4 Å². The number of halogens is 2. The molecule has 0 bridgehead atoms. The first-order chi connectivity index (χ1) is 12.0. The topological polar surface area (TPSA) is 56.8 Å². The molecule has 0 aliphatic heterocycles. The van der Waals surface area contributed by atoms with Crippen LogP contribution in [0, 0.1) is 0 Å². The Kier molecular flexibility index (Phi) is 6.56. The van der Waals surface area contributed by atoms with E-state index >= 15 is 0 Å². The Morgan fingerprint density at radius 2 is 1.88 bits per heavy atom. The van der Waals surface area contributed by atoms with Crippen LogP contribution in [0.2, 0.25) is 0 Å². The van der Waals surface area contributed by atoms with Crippen molar-refractivity contribution < 1.29 is 27.8 Å². The van der Waals surface area contributed by atoms with Crippen molar-refractivity contribution >= 4 is 11.6 Å². The summed E-state index contributed by atoms with van der Waals surface area (Å²) in [6.45, 7) is -0.471. The van der Waals surface area contributed by atoms with E-state index in [0.29, 0.717) is 23.7 Å². The summed E-state index contributed by atoms with van der Waals surface area (Å²) in [5.74, 6) is 0.354. The molecule has 0 saturated carbocycles. The number of para-hydroxylation sites is 2. The van der Waals surface area contributed by atoms with Gasteiger partial charge in [0.15, 0.2) is 11.5 Å². The van der Waals surface area contributed by atoms with Gasteiger partial charge in [-0.15, -0.1) is 0 Å². The predicted molar refractivity (Wildman–Crippen MR) is 89.8 cm³/mol. The van der Waals surface area contributed by atoms with E-state index in [1.54, 1.807) is 18.2 Å². The second-order valence-electron chi connectivity index (χ2n) is 5.04. The van der Waals surface area contributed by atoms with Crippen LogP contribution in [0.4, 0.5) is 14.5 Å². The van der Waals surface area contributed by atoms with E-state index in [1.807, 2.05) is 6.92 Å². The number of carbonyl (C=O) groups excluding carboxylic acids is 1. The van der Waals surface area contributed by atoms with Crippen molar-refractivity contribution in [3.63, 3.8) is 0 Å². The number of amides is 1. The normalized spacial score (nSPS) is 10.4. The molecule has 134 valence electrons. The van der Waals surface area contributed by atoms with Crippen molar-refractivity contribution in [2.45, 2.75) is 20.0 Å². The second kappa shape index (κ2) is 8.86. The van der Waals surface area contributed by atoms with Crippen LogP contribution in [0.1, 0.15) is 23.7 Å². The number of hydrogen-bond acceptors (Lipinski definition) is 4. The molecule has 0 heterocycles. The van der Waals surface area contributed by atoms with Gasteiger partial charge in [-0.25, -0.2) is 0 Å². The number of alkyl halides is 2. The van der Waals surface area contributed by atoms with Crippen LogP contribution < -0.4 is 19.5 Å². The van der Waals surface area contributed by atoms with Crippen molar-refractivity contribution in [1.82, 2.24) is 0 Å². The van der Waals surface area contributed by atoms with Crippen LogP contribution >= 0.6 is 0 Å². The van der Waals surface area contributed by atoms with Gasteiger partial charge < -0.3 is 19.5 Å². The zero-order valence-corrected chi connectivity index (χ0v) is 13.9. The molecule has 0 saturated heterocycles. The van der Waals surface area contributed by atoms with Gasteiger partial charge in [-0.1, -0.05) is 19.1 Å². The molecule has 1 N–H and O–H groups in total. The Balaban J connectivity index is 2.18. The Morgan fingerprint density at radius 1 is 1.12 bits per heavy atom. The minimum Gasteiger partial charge on any atom is -0.493 e. The first-order valence-electron chi connectivity index (χ1n) is 7.71. The van der Waals surface area contributed by atoms with Gasteiger partial charge in [0, 0.05) is 5.56 Å². The first-order valence-corrected chi connectivity index (χ1v) is 7.71. The van der Waals surface area contributed by atoms with Crippen LogP contribution in [0.15, 0.2) is 42.5 Å². The van der Waals surface area contributed by atoms with Gasteiger partial charge in [-0.05, 0) is 36.8 Å². The molecule has 0 unspecified atom stereocenters. The van der Waals surface area contributed by atoms with Gasteiger partial charge in [-0.3, -0.25) is 4.79 Å². The quantitative estimate of drug-likeness (QED) is 0.769. The Hall–Kier alpha value is -2.83. The summed E-state index contributed by atoms with van der Waals surface area (Å²) in [7, 11) is 1.47. The van der Waals surface area contributed by atoms with Gasteiger partial charge in [0.1, 0.15) is 5.75 Å². The lowest BCUT2D eigenvalue weighted by Crippen LogP contribution is -2.14. The number of anilines is 1. The fourth-order valence-electron chi connectivity index (χ4n) is 2.10. The lowest BCUT2D eigenvalue weighted by molar-refractivity contribution is -0.0493. The molecule has 0 atom stereocenters. The molecule has 2 aromatic rings. The number of benzene rings is 2. The van der Waals surface area contributed by atoms with Crippen LogP contribution in [-0.2, 0) is 0 Å². The third-order valence-electron chi connectivity index (χ3n) is 3.24. The molecule has 0 aliphatic carbocycles. The minimum absolute atomic E-state index is 0.110. The molecule has 0 fully saturated rings. The highest BCUT2D eigenvalue weighted by Gasteiger charge is 2.15. The van der Waals surface area contributed by atoms with Crippen LogP contribution in [0.25, 0.3) is 0 Å². The number of ether oxygens (including phenoxy) is 3. The smallest absolute Gasteiger partial charge is 0.387 e. The molecular formula is C18H19F2NO4. The number of methoxy groups -OCH3 is 1. The maximum atomic E-state index is 12.4. The lowest BCUT2D eigenvalue weighted by atomic mass is 10.1. The maximum Gasteiger partial charge on any atom is 0.387 e. The van der Waals surface area contributed by atoms with Crippen molar-refractivity contribution in [1.29, 1.82) is 0 Å². The standard InChI is InChI=1S/C18H19F2NO4/c1-3-10-24-15-9-8-12(11-16(15)23-2)17(22)21-13-6-4-5-7-14(13)25-18(19)20/h4-9,11,18H,3,10H2,1-2H3,(H,21,22). The molecule has 25 heavy (non-hydrogen) atoms. The van der Waals surface area contributed by atoms with Gasteiger partial charge in [-0.2, -0.15) is 8.78 Å². The minimum atomic E-state index is -2.98. The summed E-state index contributed by atoms with van der Waals surface area (Å²) < 4.78 is 40.0. The summed E-state index contributed by atoms with van der Waals surface area (Å²) >= 11 is 0. The summed E-state index contributed by atoms with van der Waals surface area (Å²) in [6.07, 6.45) is 0.840. The van der Waals surface area contributed by atoms with Crippen LogP contribution in [-0.4, -0.2) is 26.2 Å². The van der Waals surface area contributed by atoms with Crippen molar-refractivity contribution in [2.24, 2.45) is 0 Å². The summed E-state index contributed by atoms with van der Waals surface area (Å²) in [4.78, 5) is 12.4. The number of carbonyl (C=O) groups is 1. The van der Waals surface area contributed by atoms with Gasteiger partial charge >= 0.3 is 6.61 Å². The van der Waals surface area contributed by atoms with Crippen molar-refractivity contribution in [2.75, 3.05) is 19.0 Å². The highest BCUT2D eigenvalue weighted by molar-refractivity contribution is 6.05. The third kappa shape index (κ3) is 5.07. The molecule has 7 heteroatoms. The predicted octanol–water partition coefficient (Wildman–Crippen LogP) is 4.34. The molecular weight excluding hydrogens is 332 g/mol. The largest absolute Gasteiger partial charge is 0.493 e. The van der Waals surface area contributed by atoms with Crippen LogP contribution in [0.3, 0.4) is 0 Å². The van der Waals surface area contributed by atoms with E-state index in [2.05, 4.69) is 10.1 Å². The fourth-order valence-corrected chi connectivity index (χ4v) is 2.10. The monoisotopic (exact) mass is 351 g/mol. The highest BCUT2D eigenvalue weighted by atomic mass is 19.3. The van der Waals surface area contributed by atoms with Crippen molar-refractivity contribution in [3.8, 4) is 17.2 Å². The second-order valence-corrected chi connectivity index (χ2v) is 5.04. The zero-order chi connectivity index (χ0) is 18.2. The maximum absolute atomic E-state index is 12.4. The number of nitrogens with one attached hydrogen (secondary N) is 1. The average molecular weight is 351 g/mol. The van der Waals surface area contributed by atoms with E-state index in [4.69, 9.17) is 9.47 Å². The molecule has 0 spiro atoms. The van der Waals surface area contributed by atoms with Crippen LogP contribution in [0.5, 0.6) is 17.2 Å². The number of rotatable bonds is 8. The van der Waals surface area contributed by atoms with E-state index in [9.17, 15) is 13.6 Å². The fraction of sp³-hybridized carbons (Fsp3) is 0.278. The third-order valence-corrected chi connectivity index (χ3v) is 3.24. The molecule has 0 radical (unpaired) electrons. The average Bonchev–Trinajstić information content (AvgIpc) is 2.61. The van der Waals surface area contributed by atoms with Gasteiger partial charge in [0.25, 0.3) is 5.91 Å². The summed E-state index contributed by atoms with van der Waals surface area (Å²) in [5, 5.41) is 2.55. The zero-order valence-electron chi connectivity index (χ0n) is 13.9. The lowest BCUT2D eigenvalue weighted by Gasteiger charge is -2.13. The molecule has 1 amide bonds. The van der Waals surface area contributed by atoms with Gasteiger partial charge in [0.2, 0.25) is 0 Å². The molecule has 5 nitrogen and oxygen atoms in total. The molecule has 2 aromatic carbocycles. The van der Waals surface area contributed by atoms with Crippen molar-refractivity contribution in [3.05, 3.63) is 48.0 Å². The molecule has 0 aliphatic rings. The molecule has 2 rings (SSSR count). The molecule has 0 aromatic heterocycles. The summed E-state index contributed by atoms with van der Waals surface area (Å²) in [5.41, 5.74) is 0.450. The van der Waals surface area contributed by atoms with E-state index in [0.717, 1.165) is 6.42 Å². The Morgan fingerprint density at radius 3 is 2.56 bits per heavy atom.